The predicted octanol–water partition coefficient (Wildman–Crippen LogP) is 10.1. The molecule has 6 heterocycles. The average Bonchev–Trinajstić information content (AvgIpc) is 3.84. The Balaban J connectivity index is 0.000000158. The van der Waals surface area contributed by atoms with Gasteiger partial charge < -0.3 is 5.73 Å². The first-order valence-corrected chi connectivity index (χ1v) is 27.4. The van der Waals surface area contributed by atoms with Crippen molar-refractivity contribution in [2.75, 3.05) is 26.8 Å². The van der Waals surface area contributed by atoms with Crippen LogP contribution >= 0.6 is 81.2 Å². The number of halogens is 10. The number of hydrogen-bond donors (Lipinski definition) is 3. The molecule has 0 atom stereocenters. The van der Waals surface area contributed by atoms with Crippen molar-refractivity contribution in [2.45, 2.75) is 77.8 Å². The molecule has 0 fully saturated rings. The number of anilines is 3. The van der Waals surface area contributed by atoms with Gasteiger partial charge in [0.25, 0.3) is 26.7 Å². The lowest BCUT2D eigenvalue weighted by atomic mass is 10.1. The highest BCUT2D eigenvalue weighted by Crippen LogP contribution is 2.38. The van der Waals surface area contributed by atoms with Gasteiger partial charge in [-0.3, -0.25) is 37.9 Å². The number of hydrogen-bond acceptors (Lipinski definition) is 8. The van der Waals surface area contributed by atoms with E-state index in [4.69, 9.17) is 86.9 Å². The van der Waals surface area contributed by atoms with E-state index in [2.05, 4.69) is 16.0 Å². The van der Waals surface area contributed by atoms with Crippen LogP contribution < -0.4 is 31.9 Å². The van der Waals surface area contributed by atoms with Crippen LogP contribution in [0.25, 0.3) is 33.4 Å². The molecule has 3 aromatic carbocycles. The van der Waals surface area contributed by atoms with E-state index in [1.165, 1.54) is 21.5 Å². The molecule has 3 aliphatic rings. The van der Waals surface area contributed by atoms with Gasteiger partial charge in [0.05, 0.1) is 54.6 Å². The normalized spacial score (nSPS) is 14.3. The zero-order chi connectivity index (χ0) is 51.9. The van der Waals surface area contributed by atoms with Gasteiger partial charge in [-0.15, -0.1) is 11.6 Å². The number of nitrogens with zero attached hydrogens (tertiary/aromatic N) is 6. The van der Waals surface area contributed by atoms with Crippen LogP contribution in [0.5, 0.6) is 0 Å². The molecule has 0 spiro atoms. The minimum atomic E-state index is -3.84. The van der Waals surface area contributed by atoms with E-state index in [1.807, 2.05) is 0 Å². The third kappa shape index (κ3) is 11.2. The first-order valence-electron chi connectivity index (χ1n) is 21.4. The summed E-state index contributed by atoms with van der Waals surface area (Å²) in [7, 11) is -7.60. The molecule has 0 aliphatic carbocycles. The predicted molar refractivity (Wildman–Crippen MR) is 275 cm³/mol. The molecular weight excluding hydrogens is 1120 g/mol. The summed E-state index contributed by atoms with van der Waals surface area (Å²) in [6, 6.07) is 6.68. The van der Waals surface area contributed by atoms with Crippen molar-refractivity contribution in [1.29, 1.82) is 0 Å². The maximum atomic E-state index is 14.5. The quantitative estimate of drug-likeness (QED) is 0.0889. The van der Waals surface area contributed by atoms with E-state index in [0.717, 1.165) is 62.8 Å². The van der Waals surface area contributed by atoms with Crippen molar-refractivity contribution in [2.24, 2.45) is 0 Å². The Hall–Kier alpha value is -4.45. The second-order valence-corrected chi connectivity index (χ2v) is 22.3. The summed E-state index contributed by atoms with van der Waals surface area (Å²) in [6.07, 6.45) is 5.23. The SMILES string of the molecule is C=CS(=O)(=O)Nc1cc(-c2c(Cl)n3n(c2=O)CCCC3)c(F)cc1Cl.Nc1cc(-c2c(Cl)n3n(c2=O)CCCC3)c(F)cc1Cl.O=c1c(-c2cc(NS(=O)(=O)CCCl)c(Cl)cc2F)c(Cl)n2n1CCCC2. The van der Waals surface area contributed by atoms with Crippen LogP contribution in [0.3, 0.4) is 0 Å². The molecule has 3 aliphatic heterocycles. The number of nitrogens with two attached hydrogens (primary N) is 1. The van der Waals surface area contributed by atoms with Crippen molar-refractivity contribution in [3.8, 4) is 33.4 Å². The van der Waals surface area contributed by atoms with Crippen LogP contribution in [-0.2, 0) is 59.3 Å². The van der Waals surface area contributed by atoms with Crippen LogP contribution in [0.2, 0.25) is 30.5 Å². The Morgan fingerprint density at radius 2 is 0.859 bits per heavy atom. The smallest absolute Gasteiger partial charge is 0.276 e. The number of benzene rings is 3. The van der Waals surface area contributed by atoms with E-state index in [1.54, 1.807) is 18.7 Å². The van der Waals surface area contributed by atoms with Gasteiger partial charge in [0.1, 0.15) is 32.9 Å². The van der Waals surface area contributed by atoms with Gasteiger partial charge in [0, 0.05) is 67.2 Å². The van der Waals surface area contributed by atoms with Crippen molar-refractivity contribution in [1.82, 2.24) is 28.1 Å². The molecule has 16 nitrogen and oxygen atoms in total. The van der Waals surface area contributed by atoms with Gasteiger partial charge in [-0.2, -0.15) is 0 Å². The van der Waals surface area contributed by atoms with E-state index in [9.17, 15) is 44.4 Å². The van der Waals surface area contributed by atoms with Crippen molar-refractivity contribution < 1.29 is 30.0 Å². The number of rotatable bonds is 10. The van der Waals surface area contributed by atoms with Crippen LogP contribution in [0.15, 0.2) is 62.8 Å². The zero-order valence-corrected chi connectivity index (χ0v) is 43.8. The summed E-state index contributed by atoms with van der Waals surface area (Å²) in [6.45, 7) is 6.51. The minimum absolute atomic E-state index is 0.0134. The van der Waals surface area contributed by atoms with Crippen LogP contribution in [0.4, 0.5) is 30.2 Å². The lowest BCUT2D eigenvalue weighted by Gasteiger charge is -2.17. The lowest BCUT2D eigenvalue weighted by Crippen LogP contribution is -2.27. The minimum Gasteiger partial charge on any atom is -0.398 e. The Kier molecular flexibility index (Phi) is 16.8. The Bertz CT molecular complexity index is 3520. The van der Waals surface area contributed by atoms with Crippen LogP contribution in [0, 0.1) is 17.5 Å². The van der Waals surface area contributed by atoms with Gasteiger partial charge in [-0.25, -0.2) is 44.1 Å². The van der Waals surface area contributed by atoms with Crippen LogP contribution in [-0.4, -0.2) is 56.6 Å². The maximum Gasteiger partial charge on any atom is 0.276 e. The lowest BCUT2D eigenvalue weighted by molar-refractivity contribution is 0.356. The molecule has 9 rings (SSSR count). The number of fused-ring (bicyclic) bond motifs is 3. The van der Waals surface area contributed by atoms with Crippen molar-refractivity contribution >= 4 is 118 Å². The summed E-state index contributed by atoms with van der Waals surface area (Å²) in [4.78, 5) is 37.7. The molecule has 382 valence electrons. The highest BCUT2D eigenvalue weighted by atomic mass is 35.5. The van der Waals surface area contributed by atoms with Crippen LogP contribution in [0.1, 0.15) is 38.5 Å². The summed E-state index contributed by atoms with van der Waals surface area (Å²) in [5.74, 6) is -2.58. The fourth-order valence-corrected chi connectivity index (χ4v) is 11.9. The molecule has 28 heteroatoms. The van der Waals surface area contributed by atoms with E-state index in [0.29, 0.717) is 44.7 Å². The third-order valence-electron chi connectivity index (χ3n) is 11.6. The Labute approximate surface area is 438 Å². The average molecular weight is 1170 g/mol. The molecule has 71 heavy (non-hydrogen) atoms. The first kappa shape index (κ1) is 54.3. The van der Waals surface area contributed by atoms with Crippen molar-refractivity contribution in [3.05, 3.63) is 127 Å². The van der Waals surface area contributed by atoms with E-state index >= 15 is 0 Å². The molecule has 6 aromatic rings. The largest absolute Gasteiger partial charge is 0.398 e. The molecular formula is C43H41Cl7F3N9O7S2. The molecule has 4 N–H and O–H groups in total. The number of nitrogens with one attached hydrogen (secondary N) is 2. The molecule has 0 saturated heterocycles. The summed E-state index contributed by atoms with van der Waals surface area (Å²) < 4.78 is 104. The highest BCUT2D eigenvalue weighted by molar-refractivity contribution is 7.95. The van der Waals surface area contributed by atoms with Gasteiger partial charge in [0.2, 0.25) is 10.0 Å². The second kappa shape index (κ2) is 21.9. The van der Waals surface area contributed by atoms with Crippen molar-refractivity contribution in [3.63, 3.8) is 0 Å². The number of sulfonamides is 2. The standard InChI is InChI=1S/C15H15Cl3FN3O3S.C15H14Cl2FN3O3S.C13H12Cl2FN3O/c16-3-6-26(24,25)20-12-7-9(11(19)8-10(12)17)13-14(18)21-4-1-2-5-22(21)15(13)23;1-2-25(23,24)19-12-7-9(11(18)8-10(12)16)13-14(17)20-5-3-4-6-21(20)15(13)22;14-8-6-9(16)7(5-10(8)17)11-12(15)18-3-1-2-4-19(18)13(11)20/h7-8,20H,1-6H2;2,7-8,19H,1,3-6H2;5-6H,1-4,17H2. The third-order valence-corrected chi connectivity index (χ3v) is 16.3. The molecule has 0 saturated carbocycles. The van der Waals surface area contributed by atoms with Gasteiger partial charge in [0.15, 0.2) is 0 Å². The maximum absolute atomic E-state index is 14.5. The topological polar surface area (TPSA) is 199 Å². The van der Waals surface area contributed by atoms with Gasteiger partial charge in [-0.1, -0.05) is 76.2 Å². The monoisotopic (exact) mass is 1160 g/mol. The van der Waals surface area contributed by atoms with Gasteiger partial charge >= 0.3 is 0 Å². The Morgan fingerprint density at radius 1 is 0.535 bits per heavy atom. The number of nitrogen functional groups attached to an aromatic ring is 1. The Morgan fingerprint density at radius 3 is 1.20 bits per heavy atom. The zero-order valence-electron chi connectivity index (χ0n) is 36.9. The second-order valence-electron chi connectivity index (χ2n) is 16.2. The molecule has 0 bridgehead atoms. The molecule has 3 aromatic heterocycles. The molecule has 0 unspecified atom stereocenters. The van der Waals surface area contributed by atoms with E-state index < -0.39 is 48.6 Å². The summed E-state index contributed by atoms with van der Waals surface area (Å²) >= 11 is 42.0. The first-order chi connectivity index (χ1) is 33.5. The highest BCUT2D eigenvalue weighted by Gasteiger charge is 2.28. The van der Waals surface area contributed by atoms with E-state index in [-0.39, 0.29) is 98.2 Å². The van der Waals surface area contributed by atoms with Gasteiger partial charge in [-0.05, 0) is 74.9 Å². The molecule has 0 radical (unpaired) electrons. The summed E-state index contributed by atoms with van der Waals surface area (Å²) in [5.41, 5.74) is 4.63. The summed E-state index contributed by atoms with van der Waals surface area (Å²) in [5, 5.41) is 1.01. The number of aromatic nitrogens is 6. The molecule has 0 amide bonds. The number of alkyl halides is 1. The fraction of sp³-hybridized carbons (Fsp3) is 0.326. The fourth-order valence-electron chi connectivity index (χ4n) is 8.17.